The predicted octanol–water partition coefficient (Wildman–Crippen LogP) is 9.12. The van der Waals surface area contributed by atoms with Crippen molar-refractivity contribution in [2.75, 3.05) is 0 Å². The number of hydrogen-bond donors (Lipinski definition) is 1. The summed E-state index contributed by atoms with van der Waals surface area (Å²) in [5, 5.41) is 0. The standard InChI is InChI=1S/C30H46O3S/c31-34(32,33)27-21-26(22-13-5-1-6-14-22)28(23-15-7-2-8-16-23)30(25-19-11-4-12-20-25)29(27)24-17-9-3-10-18-24/h21-25H,1-20H2,(H,31,32,33). The first kappa shape index (κ1) is 24.8. The maximum atomic E-state index is 13.0. The van der Waals surface area contributed by atoms with Crippen molar-refractivity contribution in [3.8, 4) is 0 Å². The van der Waals surface area contributed by atoms with Gasteiger partial charge >= 0.3 is 0 Å². The summed E-state index contributed by atoms with van der Waals surface area (Å²) < 4.78 is 36.6. The van der Waals surface area contributed by atoms with Crippen molar-refractivity contribution >= 4 is 10.1 Å². The van der Waals surface area contributed by atoms with E-state index >= 15 is 0 Å². The normalized spacial score (nSPS) is 25.0. The zero-order valence-corrected chi connectivity index (χ0v) is 22.0. The average molecular weight is 487 g/mol. The highest BCUT2D eigenvalue weighted by atomic mass is 32.2. The Hall–Kier alpha value is -0.870. The molecule has 34 heavy (non-hydrogen) atoms. The second-order valence-corrected chi connectivity index (χ2v) is 13.4. The molecule has 0 amide bonds. The molecule has 4 heteroatoms. The van der Waals surface area contributed by atoms with Crippen molar-refractivity contribution in [2.24, 2.45) is 0 Å². The van der Waals surface area contributed by atoms with Gasteiger partial charge in [-0.2, -0.15) is 8.42 Å². The molecule has 0 heterocycles. The first-order valence-corrected chi connectivity index (χ1v) is 16.2. The Morgan fingerprint density at radius 2 is 0.853 bits per heavy atom. The maximum Gasteiger partial charge on any atom is 0.294 e. The highest BCUT2D eigenvalue weighted by Gasteiger charge is 2.37. The van der Waals surface area contributed by atoms with Gasteiger partial charge in [-0.05, 0) is 103 Å². The molecular weight excluding hydrogens is 440 g/mol. The summed E-state index contributed by atoms with van der Waals surface area (Å²) in [5.41, 5.74) is 5.44. The van der Waals surface area contributed by atoms with Gasteiger partial charge in [0.05, 0.1) is 4.90 Å². The molecule has 190 valence electrons. The van der Waals surface area contributed by atoms with Gasteiger partial charge in [0.15, 0.2) is 0 Å². The van der Waals surface area contributed by atoms with Crippen LogP contribution in [0.4, 0.5) is 0 Å². The second kappa shape index (κ2) is 11.0. The molecule has 3 nitrogen and oxygen atoms in total. The molecule has 5 rings (SSSR count). The molecule has 0 atom stereocenters. The SMILES string of the molecule is O=S(=O)(O)c1cc(C2CCCCC2)c(C2CCCCC2)c(C2CCCCC2)c1C1CCCCC1. The lowest BCUT2D eigenvalue weighted by atomic mass is 9.67. The molecule has 0 radical (unpaired) electrons. The Morgan fingerprint density at radius 3 is 1.26 bits per heavy atom. The van der Waals surface area contributed by atoms with Gasteiger partial charge in [-0.15, -0.1) is 0 Å². The third-order valence-electron chi connectivity index (χ3n) is 9.81. The van der Waals surface area contributed by atoms with Gasteiger partial charge in [0, 0.05) is 0 Å². The molecule has 0 aromatic heterocycles. The third-order valence-corrected chi connectivity index (χ3v) is 10.7. The highest BCUT2D eigenvalue weighted by Crippen LogP contribution is 2.52. The minimum atomic E-state index is -4.25. The van der Waals surface area contributed by atoms with Gasteiger partial charge in [0.2, 0.25) is 0 Å². The maximum absolute atomic E-state index is 13.0. The molecule has 1 aromatic rings. The zero-order valence-electron chi connectivity index (χ0n) is 21.2. The van der Waals surface area contributed by atoms with E-state index in [2.05, 4.69) is 0 Å². The van der Waals surface area contributed by atoms with Crippen LogP contribution >= 0.6 is 0 Å². The predicted molar refractivity (Wildman–Crippen MR) is 140 cm³/mol. The molecule has 4 aliphatic rings. The highest BCUT2D eigenvalue weighted by molar-refractivity contribution is 7.85. The minimum Gasteiger partial charge on any atom is -0.282 e. The van der Waals surface area contributed by atoms with E-state index in [1.165, 1.54) is 127 Å². The summed E-state index contributed by atoms with van der Waals surface area (Å²) in [6, 6.07) is 2.02. The Bertz CT molecular complexity index is 926. The van der Waals surface area contributed by atoms with E-state index in [1.807, 2.05) is 6.07 Å². The van der Waals surface area contributed by atoms with Gasteiger partial charge < -0.3 is 0 Å². The minimum absolute atomic E-state index is 0.297. The molecule has 0 unspecified atom stereocenters. The van der Waals surface area contributed by atoms with Crippen LogP contribution in [0.1, 0.15) is 174 Å². The van der Waals surface area contributed by atoms with E-state index in [-0.39, 0.29) is 0 Å². The van der Waals surface area contributed by atoms with Crippen molar-refractivity contribution in [1.82, 2.24) is 0 Å². The number of benzene rings is 1. The zero-order chi connectivity index (χ0) is 23.5. The van der Waals surface area contributed by atoms with Crippen LogP contribution in [0.25, 0.3) is 0 Å². The van der Waals surface area contributed by atoms with Gasteiger partial charge in [-0.25, -0.2) is 0 Å². The number of rotatable bonds is 5. The first-order chi connectivity index (χ1) is 16.5. The van der Waals surface area contributed by atoms with Crippen LogP contribution < -0.4 is 0 Å². The lowest BCUT2D eigenvalue weighted by molar-refractivity contribution is 0.389. The van der Waals surface area contributed by atoms with Crippen LogP contribution in [-0.4, -0.2) is 13.0 Å². The average Bonchev–Trinajstić information content (AvgIpc) is 2.89. The van der Waals surface area contributed by atoms with Crippen LogP contribution in [0.2, 0.25) is 0 Å². The number of hydrogen-bond acceptors (Lipinski definition) is 2. The topological polar surface area (TPSA) is 54.4 Å². The van der Waals surface area contributed by atoms with E-state index in [0.717, 1.165) is 18.4 Å². The lowest BCUT2D eigenvalue weighted by Crippen LogP contribution is -2.23. The quantitative estimate of drug-likeness (QED) is 0.422. The van der Waals surface area contributed by atoms with Crippen LogP contribution in [0.5, 0.6) is 0 Å². The Morgan fingerprint density at radius 1 is 0.500 bits per heavy atom. The second-order valence-electron chi connectivity index (χ2n) is 12.0. The fourth-order valence-corrected chi connectivity index (χ4v) is 9.02. The van der Waals surface area contributed by atoms with Crippen LogP contribution in [0.15, 0.2) is 11.0 Å². The van der Waals surface area contributed by atoms with E-state index in [0.29, 0.717) is 28.6 Å². The molecule has 0 aliphatic heterocycles. The van der Waals surface area contributed by atoms with Crippen molar-refractivity contribution < 1.29 is 13.0 Å². The van der Waals surface area contributed by atoms with E-state index in [1.54, 1.807) is 5.56 Å². The fraction of sp³-hybridized carbons (Fsp3) is 0.800. The molecule has 0 spiro atoms. The summed E-state index contributed by atoms with van der Waals surface area (Å²) in [7, 11) is -4.25. The fourth-order valence-electron chi connectivity index (χ4n) is 8.19. The molecule has 4 aliphatic carbocycles. The summed E-state index contributed by atoms with van der Waals surface area (Å²) in [6.45, 7) is 0. The molecule has 1 N–H and O–H groups in total. The van der Waals surface area contributed by atoms with Gasteiger partial charge in [-0.1, -0.05) is 77.0 Å². The molecular formula is C30H46O3S. The van der Waals surface area contributed by atoms with Crippen LogP contribution in [0, 0.1) is 0 Å². The van der Waals surface area contributed by atoms with E-state index in [4.69, 9.17) is 0 Å². The summed E-state index contributed by atoms with van der Waals surface area (Å²) in [6.07, 6.45) is 24.6. The van der Waals surface area contributed by atoms with Gasteiger partial charge in [-0.3, -0.25) is 4.55 Å². The molecule has 4 fully saturated rings. The largest absolute Gasteiger partial charge is 0.294 e. The Kier molecular flexibility index (Phi) is 8.05. The third kappa shape index (κ3) is 5.28. The molecule has 0 saturated heterocycles. The smallest absolute Gasteiger partial charge is 0.282 e. The summed E-state index contributed by atoms with van der Waals surface area (Å²) >= 11 is 0. The summed E-state index contributed by atoms with van der Waals surface area (Å²) in [5.74, 6) is 1.83. The molecule has 4 saturated carbocycles. The lowest BCUT2D eigenvalue weighted by Gasteiger charge is -2.38. The van der Waals surface area contributed by atoms with Crippen molar-refractivity contribution in [1.29, 1.82) is 0 Å². The summed E-state index contributed by atoms with van der Waals surface area (Å²) in [4.78, 5) is 0.306. The monoisotopic (exact) mass is 486 g/mol. The van der Waals surface area contributed by atoms with Crippen molar-refractivity contribution in [3.05, 3.63) is 28.3 Å². The molecule has 0 bridgehead atoms. The van der Waals surface area contributed by atoms with Gasteiger partial charge in [0.1, 0.15) is 0 Å². The van der Waals surface area contributed by atoms with E-state index < -0.39 is 10.1 Å². The van der Waals surface area contributed by atoms with Gasteiger partial charge in [0.25, 0.3) is 10.1 Å². The Balaban J connectivity index is 1.77. The van der Waals surface area contributed by atoms with Crippen molar-refractivity contribution in [2.45, 2.75) is 157 Å². The first-order valence-electron chi connectivity index (χ1n) is 14.7. The van der Waals surface area contributed by atoms with Crippen molar-refractivity contribution in [3.63, 3.8) is 0 Å². The Labute approximate surface area is 208 Å². The van der Waals surface area contributed by atoms with Crippen LogP contribution in [0.3, 0.4) is 0 Å². The molecule has 1 aromatic carbocycles. The van der Waals surface area contributed by atoms with Crippen LogP contribution in [-0.2, 0) is 10.1 Å². The van der Waals surface area contributed by atoms with E-state index in [9.17, 15) is 13.0 Å².